The Morgan fingerprint density at radius 3 is 1.85 bits per heavy atom. The number of esters is 4. The lowest BCUT2D eigenvalue weighted by atomic mass is 9.61. The second-order valence-electron chi connectivity index (χ2n) is 15.0. The van der Waals surface area contributed by atoms with Gasteiger partial charge in [0.25, 0.3) is 10.1 Å². The van der Waals surface area contributed by atoms with Gasteiger partial charge in [0.15, 0.2) is 0 Å². The van der Waals surface area contributed by atoms with E-state index in [9.17, 15) is 32.7 Å². The molecule has 0 radical (unpaired) electrons. The first kappa shape index (κ1) is 41.9. The summed E-state index contributed by atoms with van der Waals surface area (Å²) in [6.07, 6.45) is 2.66. The molecule has 0 aromatic carbocycles. The first-order valence-electron chi connectivity index (χ1n) is 17.0. The third-order valence-electron chi connectivity index (χ3n) is 9.66. The molecule has 4 atom stereocenters. The summed E-state index contributed by atoms with van der Waals surface area (Å²) in [6.45, 7) is 11.6. The van der Waals surface area contributed by atoms with Crippen molar-refractivity contribution in [3.05, 3.63) is 0 Å². The summed E-state index contributed by atoms with van der Waals surface area (Å²) in [5.41, 5.74) is -5.31. The zero-order chi connectivity index (χ0) is 36.4. The minimum atomic E-state index is -3.81. The van der Waals surface area contributed by atoms with E-state index < -0.39 is 60.9 Å². The van der Waals surface area contributed by atoms with Gasteiger partial charge in [-0.3, -0.25) is 23.4 Å². The van der Waals surface area contributed by atoms with Crippen LogP contribution in [0.3, 0.4) is 0 Å². The van der Waals surface area contributed by atoms with E-state index in [0.29, 0.717) is 25.4 Å². The molecule has 1 saturated heterocycles. The topological polar surface area (TPSA) is 181 Å². The summed E-state index contributed by atoms with van der Waals surface area (Å²) < 4.78 is 57.3. The predicted molar refractivity (Wildman–Crippen MR) is 175 cm³/mol. The van der Waals surface area contributed by atoms with Crippen LogP contribution in [0.5, 0.6) is 0 Å². The van der Waals surface area contributed by atoms with Gasteiger partial charge in [-0.15, -0.1) is 0 Å². The Bertz CT molecular complexity index is 1210. The molecule has 2 rings (SSSR count). The molecule has 0 spiro atoms. The fourth-order valence-electron chi connectivity index (χ4n) is 6.78. The van der Waals surface area contributed by atoms with Crippen LogP contribution < -0.4 is 0 Å². The molecule has 0 aromatic rings. The molecule has 0 amide bonds. The van der Waals surface area contributed by atoms with Crippen LogP contribution in [0.1, 0.15) is 106 Å². The molecule has 278 valence electrons. The minimum absolute atomic E-state index is 0.0461. The number of hydrogen-bond acceptors (Lipinski definition) is 13. The van der Waals surface area contributed by atoms with Crippen molar-refractivity contribution in [3.63, 3.8) is 0 Å². The van der Waals surface area contributed by atoms with Gasteiger partial charge in [-0.25, -0.2) is 0 Å². The normalized spacial score (nSPS) is 23.5. The third kappa shape index (κ3) is 11.9. The molecule has 4 unspecified atom stereocenters. The highest BCUT2D eigenvalue weighted by Crippen LogP contribution is 2.49. The molecule has 0 bridgehead atoms. The Morgan fingerprint density at radius 2 is 1.31 bits per heavy atom. The van der Waals surface area contributed by atoms with Crippen LogP contribution in [0, 0.1) is 27.6 Å². The van der Waals surface area contributed by atoms with Crippen LogP contribution in [-0.2, 0) is 57.2 Å². The molecular weight excluding hydrogens is 648 g/mol. The van der Waals surface area contributed by atoms with Gasteiger partial charge < -0.3 is 28.8 Å². The van der Waals surface area contributed by atoms with Crippen LogP contribution in [0.4, 0.5) is 0 Å². The summed E-state index contributed by atoms with van der Waals surface area (Å²) in [6, 6.07) is 0. The summed E-state index contributed by atoms with van der Waals surface area (Å²) in [7, 11) is -2.59. The maximum absolute atomic E-state index is 13.8. The van der Waals surface area contributed by atoms with Crippen molar-refractivity contribution in [2.24, 2.45) is 27.6 Å². The molecular formula is C34H58O13S. The summed E-state index contributed by atoms with van der Waals surface area (Å²) in [5, 5.41) is 8.68. The molecule has 48 heavy (non-hydrogen) atoms. The summed E-state index contributed by atoms with van der Waals surface area (Å²) in [4.78, 5) is 53.8. The van der Waals surface area contributed by atoms with Gasteiger partial charge in [0.2, 0.25) is 0 Å². The molecule has 1 heterocycles. The average molecular weight is 707 g/mol. The second-order valence-corrected chi connectivity index (χ2v) is 16.9. The molecule has 2 aliphatic rings. The average Bonchev–Trinajstić information content (AvgIpc) is 3.85. The number of methoxy groups -OCH3 is 1. The molecule has 1 aliphatic heterocycles. The number of carbonyl (C=O) groups is 4. The van der Waals surface area contributed by atoms with E-state index in [4.69, 9.17) is 27.9 Å². The molecule has 1 N–H and O–H groups in total. The quantitative estimate of drug-likeness (QED) is 0.0592. The molecule has 0 aromatic heterocycles. The van der Waals surface area contributed by atoms with Crippen LogP contribution in [-0.4, -0.2) is 95.5 Å². The number of epoxide rings is 1. The number of rotatable bonds is 21. The number of carbonyl (C=O) groups excluding carboxylic acids is 4. The van der Waals surface area contributed by atoms with E-state index in [1.54, 1.807) is 41.5 Å². The van der Waals surface area contributed by atoms with Crippen molar-refractivity contribution in [2.75, 3.05) is 46.8 Å². The Kier molecular flexibility index (Phi) is 15.3. The van der Waals surface area contributed by atoms with Gasteiger partial charge in [-0.2, -0.15) is 8.42 Å². The smallest absolute Gasteiger partial charge is 0.311 e. The SMILES string of the molecule is CCC(C)(CC(C)(CC(C)(CC(C)(C)C(=O)OCC1CO1)C(=O)OC)C(=O)OCCCO)C(=O)OCCOS(=O)(=O)C1CCC(C)CC1. The number of aliphatic hydroxyl groups excluding tert-OH is 1. The van der Waals surface area contributed by atoms with E-state index >= 15 is 0 Å². The van der Waals surface area contributed by atoms with E-state index in [-0.39, 0.29) is 71.2 Å². The summed E-state index contributed by atoms with van der Waals surface area (Å²) >= 11 is 0. The molecule has 1 aliphatic carbocycles. The van der Waals surface area contributed by atoms with Gasteiger partial charge in [0.05, 0.1) is 47.2 Å². The van der Waals surface area contributed by atoms with Crippen molar-refractivity contribution in [2.45, 2.75) is 118 Å². The minimum Gasteiger partial charge on any atom is -0.469 e. The lowest BCUT2D eigenvalue weighted by Gasteiger charge is -2.42. The monoisotopic (exact) mass is 706 g/mol. The van der Waals surface area contributed by atoms with Gasteiger partial charge in [0, 0.05) is 13.0 Å². The fourth-order valence-corrected chi connectivity index (χ4v) is 8.12. The van der Waals surface area contributed by atoms with Gasteiger partial charge >= 0.3 is 23.9 Å². The van der Waals surface area contributed by atoms with Gasteiger partial charge in [0.1, 0.15) is 25.9 Å². The van der Waals surface area contributed by atoms with E-state index in [0.717, 1.165) is 12.8 Å². The van der Waals surface area contributed by atoms with E-state index in [1.807, 2.05) is 0 Å². The van der Waals surface area contributed by atoms with Crippen LogP contribution in [0.2, 0.25) is 0 Å². The van der Waals surface area contributed by atoms with Crippen molar-refractivity contribution in [3.8, 4) is 0 Å². The lowest BCUT2D eigenvalue weighted by Crippen LogP contribution is -2.47. The van der Waals surface area contributed by atoms with Gasteiger partial charge in [-0.1, -0.05) is 13.8 Å². The first-order chi connectivity index (χ1) is 22.3. The summed E-state index contributed by atoms with van der Waals surface area (Å²) in [5.74, 6) is -2.08. The Hall–Kier alpha value is -2.29. The van der Waals surface area contributed by atoms with Gasteiger partial charge in [-0.05, 0) is 91.9 Å². The highest BCUT2D eigenvalue weighted by atomic mass is 32.2. The zero-order valence-electron chi connectivity index (χ0n) is 30.1. The highest BCUT2D eigenvalue weighted by Gasteiger charge is 2.53. The molecule has 2 fully saturated rings. The second kappa shape index (κ2) is 17.6. The molecule has 13 nitrogen and oxygen atoms in total. The van der Waals surface area contributed by atoms with E-state index in [2.05, 4.69) is 6.92 Å². The Balaban J connectivity index is 2.25. The molecule has 14 heteroatoms. The van der Waals surface area contributed by atoms with Crippen molar-refractivity contribution in [1.29, 1.82) is 0 Å². The zero-order valence-corrected chi connectivity index (χ0v) is 30.9. The van der Waals surface area contributed by atoms with Crippen LogP contribution in [0.25, 0.3) is 0 Å². The Morgan fingerprint density at radius 1 is 0.771 bits per heavy atom. The highest BCUT2D eigenvalue weighted by molar-refractivity contribution is 7.87. The lowest BCUT2D eigenvalue weighted by molar-refractivity contribution is -0.171. The standard InChI is InChI=1S/C34H58O13S/c1-9-32(5,29(38)44-17-18-47-48(40,41)26-13-11-24(2)12-14-26)22-34(7,30(39)43-16-10-15-35)23-33(6,28(37)42-8)21-31(3,4)27(36)46-20-25-19-45-25/h24-26,35H,9-23H2,1-8H3. The first-order valence-corrected chi connectivity index (χ1v) is 18.5. The number of ether oxygens (including phenoxy) is 5. The van der Waals surface area contributed by atoms with Crippen LogP contribution in [0.15, 0.2) is 0 Å². The predicted octanol–water partition coefficient (Wildman–Crippen LogP) is 4.12. The third-order valence-corrected chi connectivity index (χ3v) is 11.4. The maximum atomic E-state index is 13.8. The Labute approximate surface area is 286 Å². The fraction of sp³-hybridized carbons (Fsp3) is 0.882. The number of hydrogen-bond donors (Lipinski definition) is 1. The maximum Gasteiger partial charge on any atom is 0.311 e. The van der Waals surface area contributed by atoms with Crippen molar-refractivity contribution < 1.29 is 60.6 Å². The van der Waals surface area contributed by atoms with Crippen LogP contribution >= 0.6 is 0 Å². The largest absolute Gasteiger partial charge is 0.469 e. The van der Waals surface area contributed by atoms with Crippen molar-refractivity contribution >= 4 is 34.0 Å². The van der Waals surface area contributed by atoms with E-state index in [1.165, 1.54) is 7.11 Å². The number of aliphatic hydroxyl groups is 1. The molecule has 1 saturated carbocycles. The van der Waals surface area contributed by atoms with Crippen molar-refractivity contribution in [1.82, 2.24) is 0 Å².